The lowest BCUT2D eigenvalue weighted by atomic mass is 10.0. The van der Waals surface area contributed by atoms with E-state index in [4.69, 9.17) is 4.74 Å². The van der Waals surface area contributed by atoms with Gasteiger partial charge in [-0.05, 0) is 44.4 Å². The normalized spacial score (nSPS) is 11.4. The number of amides is 1. The molecule has 0 aliphatic carbocycles. The molecule has 0 aliphatic heterocycles. The molecule has 0 spiro atoms. The molecule has 0 radical (unpaired) electrons. The monoisotopic (exact) mass is 365 g/mol. The van der Waals surface area contributed by atoms with E-state index < -0.39 is 11.7 Å². The molecule has 0 N–H and O–H groups in total. The Morgan fingerprint density at radius 3 is 2.56 bits per heavy atom. The largest absolute Gasteiger partial charge is 0.443 e. The summed E-state index contributed by atoms with van der Waals surface area (Å²) in [6.45, 7) is 5.54. The van der Waals surface area contributed by atoms with Gasteiger partial charge in [-0.15, -0.1) is 0 Å². The van der Waals surface area contributed by atoms with E-state index in [2.05, 4.69) is 10.1 Å². The average Bonchev–Trinajstić information content (AvgIpc) is 2.96. The second-order valence-corrected chi connectivity index (χ2v) is 7.60. The van der Waals surface area contributed by atoms with Crippen LogP contribution < -0.4 is 15.3 Å². The molecule has 0 bridgehead atoms. The number of benzene rings is 1. The second-order valence-electron chi connectivity index (χ2n) is 7.60. The first kappa shape index (κ1) is 18.8. The zero-order valence-electron chi connectivity index (χ0n) is 16.6. The maximum Gasteiger partial charge on any atom is 0.420 e. The smallest absolute Gasteiger partial charge is 0.420 e. The third-order valence-corrected chi connectivity index (χ3v) is 3.97. The molecule has 2 heterocycles. The highest BCUT2D eigenvalue weighted by Gasteiger charge is 2.27. The molecule has 0 unspecified atom stereocenters. The number of carbonyl (C=O) groups is 1. The van der Waals surface area contributed by atoms with Crippen LogP contribution >= 0.6 is 0 Å². The van der Waals surface area contributed by atoms with Gasteiger partial charge in [0.05, 0.1) is 5.69 Å². The summed E-state index contributed by atoms with van der Waals surface area (Å²) in [7, 11) is 5.85. The molecular formula is C19H24BN5O2. The SMILES string of the molecule is Bc1cnn2c(N(C(=O)OC(C)(C)C)c3cccc(N(C)C)c3)ccnc12. The van der Waals surface area contributed by atoms with Crippen molar-refractivity contribution in [3.8, 4) is 0 Å². The Labute approximate surface area is 160 Å². The molecular weight excluding hydrogens is 341 g/mol. The topological polar surface area (TPSA) is 63.0 Å². The Morgan fingerprint density at radius 1 is 1.19 bits per heavy atom. The van der Waals surface area contributed by atoms with Crippen molar-refractivity contribution in [2.24, 2.45) is 0 Å². The number of rotatable bonds is 3. The summed E-state index contributed by atoms with van der Waals surface area (Å²) in [6.07, 6.45) is 2.93. The average molecular weight is 365 g/mol. The molecule has 2 aromatic heterocycles. The Hall–Kier alpha value is -3.03. The van der Waals surface area contributed by atoms with Crippen molar-refractivity contribution >= 4 is 42.2 Å². The van der Waals surface area contributed by atoms with Crippen molar-refractivity contribution in [3.05, 3.63) is 42.7 Å². The molecule has 140 valence electrons. The molecule has 8 heteroatoms. The van der Waals surface area contributed by atoms with Gasteiger partial charge < -0.3 is 9.64 Å². The van der Waals surface area contributed by atoms with E-state index >= 15 is 0 Å². The minimum absolute atomic E-state index is 0.473. The molecule has 1 amide bonds. The van der Waals surface area contributed by atoms with Crippen molar-refractivity contribution < 1.29 is 9.53 Å². The standard InChI is InChI=1S/C19H24BN5O2/c1-19(2,3)27-18(26)24(14-8-6-7-13(11-14)23(4)5)16-9-10-21-17-15(20)12-22-25(16)17/h6-12H,20H2,1-5H3. The van der Waals surface area contributed by atoms with Gasteiger partial charge in [0.25, 0.3) is 0 Å². The highest BCUT2D eigenvalue weighted by molar-refractivity contribution is 6.36. The summed E-state index contributed by atoms with van der Waals surface area (Å²) in [6, 6.07) is 9.46. The Balaban J connectivity index is 2.18. The van der Waals surface area contributed by atoms with Crippen molar-refractivity contribution in [2.75, 3.05) is 23.9 Å². The van der Waals surface area contributed by atoms with Crippen LogP contribution in [0.4, 0.5) is 22.0 Å². The summed E-state index contributed by atoms with van der Waals surface area (Å²) in [5.41, 5.74) is 2.67. The van der Waals surface area contributed by atoms with E-state index in [0.717, 1.165) is 11.2 Å². The summed E-state index contributed by atoms with van der Waals surface area (Å²) >= 11 is 0. The number of anilines is 3. The molecule has 7 nitrogen and oxygen atoms in total. The fraction of sp³-hybridized carbons (Fsp3) is 0.316. The van der Waals surface area contributed by atoms with E-state index in [9.17, 15) is 4.79 Å². The van der Waals surface area contributed by atoms with E-state index in [1.807, 2.05) is 71.9 Å². The predicted molar refractivity (Wildman–Crippen MR) is 110 cm³/mol. The maximum absolute atomic E-state index is 13.1. The number of aromatic nitrogens is 3. The number of carbonyl (C=O) groups excluding carboxylic acids is 1. The fourth-order valence-electron chi connectivity index (χ4n) is 2.71. The van der Waals surface area contributed by atoms with Gasteiger partial charge in [-0.2, -0.15) is 9.61 Å². The van der Waals surface area contributed by atoms with Crippen molar-refractivity contribution in [1.29, 1.82) is 0 Å². The first-order valence-corrected chi connectivity index (χ1v) is 8.77. The summed E-state index contributed by atoms with van der Waals surface area (Å²) in [4.78, 5) is 21.0. The molecule has 0 saturated carbocycles. The number of hydrogen-bond acceptors (Lipinski definition) is 5. The number of ether oxygens (including phenoxy) is 1. The zero-order valence-corrected chi connectivity index (χ0v) is 16.6. The van der Waals surface area contributed by atoms with Crippen LogP contribution in [0.3, 0.4) is 0 Å². The van der Waals surface area contributed by atoms with Gasteiger partial charge in [0.1, 0.15) is 19.3 Å². The fourth-order valence-corrected chi connectivity index (χ4v) is 2.71. The van der Waals surface area contributed by atoms with Crippen molar-refractivity contribution in [3.63, 3.8) is 0 Å². The van der Waals surface area contributed by atoms with Crippen LogP contribution in [0, 0.1) is 0 Å². The summed E-state index contributed by atoms with van der Waals surface area (Å²) in [5.74, 6) is 0.568. The van der Waals surface area contributed by atoms with Gasteiger partial charge in [-0.25, -0.2) is 14.7 Å². The molecule has 3 aromatic rings. The number of hydrogen-bond donors (Lipinski definition) is 0. The van der Waals surface area contributed by atoms with Crippen LogP contribution in [0.1, 0.15) is 20.8 Å². The molecule has 1 aromatic carbocycles. The number of fused-ring (bicyclic) bond motifs is 1. The second kappa shape index (κ2) is 6.94. The van der Waals surface area contributed by atoms with Gasteiger partial charge in [-0.3, -0.25) is 0 Å². The van der Waals surface area contributed by atoms with Gasteiger partial charge in [0, 0.05) is 38.2 Å². The minimum Gasteiger partial charge on any atom is -0.443 e. The van der Waals surface area contributed by atoms with Crippen molar-refractivity contribution in [1.82, 2.24) is 14.6 Å². The van der Waals surface area contributed by atoms with Gasteiger partial charge >= 0.3 is 6.09 Å². The Bertz CT molecular complexity index is 978. The first-order chi connectivity index (χ1) is 12.7. The Morgan fingerprint density at radius 2 is 1.89 bits per heavy atom. The molecule has 0 saturated heterocycles. The Kier molecular flexibility index (Phi) is 4.82. The van der Waals surface area contributed by atoms with Crippen LogP contribution in [-0.2, 0) is 4.74 Å². The highest BCUT2D eigenvalue weighted by Crippen LogP contribution is 2.30. The third-order valence-electron chi connectivity index (χ3n) is 3.97. The van der Waals surface area contributed by atoms with Crippen LogP contribution in [0.2, 0.25) is 0 Å². The predicted octanol–water partition coefficient (Wildman–Crippen LogP) is 2.13. The quantitative estimate of drug-likeness (QED) is 0.666. The third kappa shape index (κ3) is 3.89. The summed E-state index contributed by atoms with van der Waals surface area (Å²) in [5, 5.41) is 4.40. The van der Waals surface area contributed by atoms with E-state index in [0.29, 0.717) is 17.2 Å². The van der Waals surface area contributed by atoms with Gasteiger partial charge in [0.2, 0.25) is 0 Å². The lowest BCUT2D eigenvalue weighted by Crippen LogP contribution is -2.35. The molecule has 3 rings (SSSR count). The van der Waals surface area contributed by atoms with Crippen LogP contribution in [0.15, 0.2) is 42.7 Å². The maximum atomic E-state index is 13.1. The van der Waals surface area contributed by atoms with Crippen LogP contribution in [0.25, 0.3) is 5.65 Å². The molecule has 0 atom stereocenters. The van der Waals surface area contributed by atoms with Crippen LogP contribution in [-0.4, -0.2) is 48.2 Å². The van der Waals surface area contributed by atoms with Gasteiger partial charge in [0.15, 0.2) is 5.65 Å². The van der Waals surface area contributed by atoms with Crippen molar-refractivity contribution in [2.45, 2.75) is 26.4 Å². The summed E-state index contributed by atoms with van der Waals surface area (Å²) < 4.78 is 7.33. The molecule has 0 aliphatic rings. The van der Waals surface area contributed by atoms with E-state index in [1.54, 1.807) is 23.0 Å². The van der Waals surface area contributed by atoms with Gasteiger partial charge in [-0.1, -0.05) is 6.07 Å². The number of nitrogens with zero attached hydrogens (tertiary/aromatic N) is 5. The lowest BCUT2D eigenvalue weighted by molar-refractivity contribution is 0.0597. The van der Waals surface area contributed by atoms with E-state index in [1.165, 1.54) is 4.90 Å². The highest BCUT2D eigenvalue weighted by atomic mass is 16.6. The molecule has 0 fully saturated rings. The minimum atomic E-state index is -0.624. The molecule has 27 heavy (non-hydrogen) atoms. The lowest BCUT2D eigenvalue weighted by Gasteiger charge is -2.28. The first-order valence-electron chi connectivity index (χ1n) is 8.77. The van der Waals surface area contributed by atoms with Crippen LogP contribution in [0.5, 0.6) is 0 Å². The zero-order chi connectivity index (χ0) is 19.8. The van der Waals surface area contributed by atoms with E-state index in [-0.39, 0.29) is 0 Å².